The molecular weight excluding hydrogens is 394 g/mol. The minimum absolute atomic E-state index is 0.101. The number of amides is 1. The molecule has 0 aliphatic heterocycles. The van der Waals surface area contributed by atoms with Crippen molar-refractivity contribution in [1.82, 2.24) is 15.3 Å². The Balaban J connectivity index is 2.02. The van der Waals surface area contributed by atoms with Gasteiger partial charge in [-0.25, -0.2) is 15.6 Å². The number of pyridine rings is 1. The topological polar surface area (TPSA) is 116 Å². The van der Waals surface area contributed by atoms with Crippen LogP contribution in [0.2, 0.25) is 0 Å². The van der Waals surface area contributed by atoms with Crippen molar-refractivity contribution in [3.05, 3.63) is 29.2 Å². The van der Waals surface area contributed by atoms with Gasteiger partial charge in [0.05, 0.1) is 42.0 Å². The lowest BCUT2D eigenvalue weighted by Crippen LogP contribution is -2.37. The van der Waals surface area contributed by atoms with Crippen LogP contribution < -0.4 is 21.6 Å². The molecule has 1 aromatic heterocycles. The van der Waals surface area contributed by atoms with E-state index < -0.39 is 6.09 Å². The van der Waals surface area contributed by atoms with Gasteiger partial charge in [-0.1, -0.05) is 27.2 Å². The second-order valence-electron chi connectivity index (χ2n) is 9.43. The third-order valence-electron chi connectivity index (χ3n) is 5.38. The normalized spacial score (nSPS) is 15.8. The van der Waals surface area contributed by atoms with E-state index in [0.717, 1.165) is 30.7 Å². The zero-order valence-electron chi connectivity index (χ0n) is 19.7. The van der Waals surface area contributed by atoms with Gasteiger partial charge >= 0.3 is 6.09 Å². The van der Waals surface area contributed by atoms with Crippen LogP contribution in [0.3, 0.4) is 0 Å². The molecule has 8 heteroatoms. The molecule has 1 aromatic rings. The SMILES string of the molecule is Cc1nc(/C(N)=C(\CNC(=O)OCCC(C)(C)C)N(C)N)ccc1OC1CCCCC1. The average Bonchev–Trinajstić information content (AvgIpc) is 2.69. The molecule has 0 radical (unpaired) electrons. The van der Waals surface area contributed by atoms with Crippen molar-refractivity contribution in [2.75, 3.05) is 20.2 Å². The van der Waals surface area contributed by atoms with Crippen molar-refractivity contribution >= 4 is 11.8 Å². The molecule has 1 heterocycles. The molecule has 1 aliphatic carbocycles. The lowest BCUT2D eigenvalue weighted by molar-refractivity contribution is 0.131. The largest absolute Gasteiger partial charge is 0.489 e. The van der Waals surface area contributed by atoms with Gasteiger partial charge in [0.2, 0.25) is 0 Å². The average molecular weight is 434 g/mol. The second kappa shape index (κ2) is 11.2. The number of rotatable bonds is 8. The number of ether oxygens (including phenoxy) is 2. The number of hydrazine groups is 1. The van der Waals surface area contributed by atoms with Gasteiger partial charge in [0.25, 0.3) is 0 Å². The maximum absolute atomic E-state index is 12.0. The highest BCUT2D eigenvalue weighted by Crippen LogP contribution is 2.26. The van der Waals surface area contributed by atoms with E-state index in [1.807, 2.05) is 19.1 Å². The van der Waals surface area contributed by atoms with E-state index in [2.05, 4.69) is 31.1 Å². The van der Waals surface area contributed by atoms with Gasteiger partial charge in [-0.05, 0) is 56.6 Å². The van der Waals surface area contributed by atoms with Gasteiger partial charge in [0, 0.05) is 7.05 Å². The van der Waals surface area contributed by atoms with Crippen LogP contribution in [0, 0.1) is 12.3 Å². The molecule has 31 heavy (non-hydrogen) atoms. The van der Waals surface area contributed by atoms with E-state index in [0.29, 0.717) is 23.7 Å². The molecule has 1 saturated carbocycles. The lowest BCUT2D eigenvalue weighted by atomic mass is 9.93. The third kappa shape index (κ3) is 8.28. The van der Waals surface area contributed by atoms with Gasteiger partial charge in [-0.3, -0.25) is 0 Å². The van der Waals surface area contributed by atoms with Crippen LogP contribution in [-0.2, 0) is 4.74 Å². The molecule has 1 aliphatic rings. The predicted molar refractivity (Wildman–Crippen MR) is 123 cm³/mol. The zero-order chi connectivity index (χ0) is 23.0. The maximum Gasteiger partial charge on any atom is 0.407 e. The van der Waals surface area contributed by atoms with E-state index in [4.69, 9.17) is 21.1 Å². The number of alkyl carbamates (subject to hydrolysis) is 1. The standard InChI is InChI=1S/C23H39N5O3/c1-16-20(31-17-9-7-6-8-10-17)12-11-18(27-16)21(24)19(28(5)25)15-26-22(29)30-14-13-23(2,3)4/h11-12,17H,6-10,13-15,24-25H2,1-5H3,(H,26,29)/b21-19-. The summed E-state index contributed by atoms with van der Waals surface area (Å²) in [6, 6.07) is 3.73. The fourth-order valence-electron chi connectivity index (χ4n) is 3.40. The van der Waals surface area contributed by atoms with E-state index in [1.54, 1.807) is 7.05 Å². The molecule has 0 unspecified atom stereocenters. The summed E-state index contributed by atoms with van der Waals surface area (Å²) < 4.78 is 11.4. The van der Waals surface area contributed by atoms with Gasteiger partial charge < -0.3 is 25.5 Å². The monoisotopic (exact) mass is 433 g/mol. The summed E-state index contributed by atoms with van der Waals surface area (Å²) in [5.74, 6) is 6.74. The first-order valence-electron chi connectivity index (χ1n) is 11.1. The molecular formula is C23H39N5O3. The summed E-state index contributed by atoms with van der Waals surface area (Å²) in [5, 5.41) is 4.09. The van der Waals surface area contributed by atoms with Crippen molar-refractivity contribution in [3.8, 4) is 5.75 Å². The molecule has 0 atom stereocenters. The van der Waals surface area contributed by atoms with Crippen molar-refractivity contribution in [2.45, 2.75) is 72.3 Å². The van der Waals surface area contributed by atoms with Crippen LogP contribution in [0.5, 0.6) is 5.75 Å². The van der Waals surface area contributed by atoms with E-state index in [-0.39, 0.29) is 18.1 Å². The number of carbonyl (C=O) groups excluding carboxylic acids is 1. The summed E-state index contributed by atoms with van der Waals surface area (Å²) in [4.78, 5) is 16.6. The number of nitrogens with one attached hydrogen (secondary N) is 1. The smallest absolute Gasteiger partial charge is 0.407 e. The quantitative estimate of drug-likeness (QED) is 0.423. The Bertz CT molecular complexity index is 765. The van der Waals surface area contributed by atoms with E-state index >= 15 is 0 Å². The highest BCUT2D eigenvalue weighted by molar-refractivity contribution is 5.69. The Morgan fingerprint density at radius 3 is 2.52 bits per heavy atom. The summed E-state index contributed by atoms with van der Waals surface area (Å²) >= 11 is 0. The maximum atomic E-state index is 12.0. The first kappa shape index (κ1) is 24.8. The highest BCUT2D eigenvalue weighted by Gasteiger charge is 2.18. The van der Waals surface area contributed by atoms with Gasteiger partial charge in [0.1, 0.15) is 5.75 Å². The van der Waals surface area contributed by atoms with Crippen molar-refractivity contribution in [1.29, 1.82) is 0 Å². The molecule has 2 rings (SSSR count). The molecule has 0 spiro atoms. The Morgan fingerprint density at radius 1 is 1.26 bits per heavy atom. The predicted octanol–water partition coefficient (Wildman–Crippen LogP) is 3.70. The van der Waals surface area contributed by atoms with Crippen molar-refractivity contribution < 1.29 is 14.3 Å². The van der Waals surface area contributed by atoms with Crippen molar-refractivity contribution in [2.24, 2.45) is 17.0 Å². The van der Waals surface area contributed by atoms with Gasteiger partial charge in [-0.2, -0.15) is 0 Å². The summed E-state index contributed by atoms with van der Waals surface area (Å²) in [7, 11) is 1.67. The van der Waals surface area contributed by atoms with Gasteiger partial charge in [0.15, 0.2) is 0 Å². The number of hydrogen-bond acceptors (Lipinski definition) is 7. The van der Waals surface area contributed by atoms with Gasteiger partial charge in [-0.15, -0.1) is 0 Å². The Labute approximate surface area is 186 Å². The van der Waals surface area contributed by atoms with E-state index in [1.165, 1.54) is 24.3 Å². The highest BCUT2D eigenvalue weighted by atomic mass is 16.5. The molecule has 1 fully saturated rings. The molecule has 8 nitrogen and oxygen atoms in total. The summed E-state index contributed by atoms with van der Waals surface area (Å²) in [6.45, 7) is 8.68. The molecule has 174 valence electrons. The molecule has 0 bridgehead atoms. The van der Waals surface area contributed by atoms with Crippen LogP contribution in [0.15, 0.2) is 17.8 Å². The second-order valence-corrected chi connectivity index (χ2v) is 9.43. The van der Waals surface area contributed by atoms with Crippen LogP contribution >= 0.6 is 0 Å². The number of carbonyl (C=O) groups is 1. The number of likely N-dealkylation sites (N-methyl/N-ethyl adjacent to an activating group) is 1. The lowest BCUT2D eigenvalue weighted by Gasteiger charge is -2.24. The number of hydrogen-bond donors (Lipinski definition) is 3. The van der Waals surface area contributed by atoms with Crippen molar-refractivity contribution in [3.63, 3.8) is 0 Å². The summed E-state index contributed by atoms with van der Waals surface area (Å²) in [5.41, 5.74) is 8.75. The first-order valence-corrected chi connectivity index (χ1v) is 11.1. The van der Waals surface area contributed by atoms with E-state index in [9.17, 15) is 4.79 Å². The molecule has 5 N–H and O–H groups in total. The Morgan fingerprint density at radius 2 is 1.94 bits per heavy atom. The number of aromatic nitrogens is 1. The summed E-state index contributed by atoms with van der Waals surface area (Å²) in [6.07, 6.45) is 6.41. The fraction of sp³-hybridized carbons (Fsp3) is 0.652. The third-order valence-corrected chi connectivity index (χ3v) is 5.38. The number of nitrogens with zero attached hydrogens (tertiary/aromatic N) is 2. The van der Waals surface area contributed by atoms with Crippen LogP contribution in [0.4, 0.5) is 4.79 Å². The van der Waals surface area contributed by atoms with Crippen LogP contribution in [0.1, 0.15) is 70.7 Å². The zero-order valence-corrected chi connectivity index (χ0v) is 19.7. The Kier molecular flexibility index (Phi) is 8.98. The Hall–Kier alpha value is -2.48. The van der Waals surface area contributed by atoms with Crippen LogP contribution in [-0.4, -0.2) is 42.4 Å². The fourth-order valence-corrected chi connectivity index (χ4v) is 3.40. The first-order chi connectivity index (χ1) is 14.6. The minimum Gasteiger partial charge on any atom is -0.489 e. The molecule has 0 aromatic carbocycles. The van der Waals surface area contributed by atoms with Crippen LogP contribution in [0.25, 0.3) is 5.70 Å². The molecule has 0 saturated heterocycles. The number of nitrogens with two attached hydrogens (primary N) is 2. The number of aryl methyl sites for hydroxylation is 1. The minimum atomic E-state index is -0.503. The molecule has 1 amide bonds.